The van der Waals surface area contributed by atoms with Gasteiger partial charge in [-0.2, -0.15) is 0 Å². The highest BCUT2D eigenvalue weighted by atomic mass is 32.2. The molecule has 0 radical (unpaired) electrons. The van der Waals surface area contributed by atoms with E-state index < -0.39 is 9.84 Å². The summed E-state index contributed by atoms with van der Waals surface area (Å²) in [5, 5.41) is 0. The lowest BCUT2D eigenvalue weighted by molar-refractivity contribution is -0.125. The van der Waals surface area contributed by atoms with Gasteiger partial charge < -0.3 is 4.90 Å². The van der Waals surface area contributed by atoms with E-state index in [1.165, 1.54) is 6.26 Å². The van der Waals surface area contributed by atoms with E-state index in [0.717, 1.165) is 19.6 Å². The summed E-state index contributed by atoms with van der Waals surface area (Å²) < 4.78 is 22.0. The van der Waals surface area contributed by atoms with Gasteiger partial charge in [-0.25, -0.2) is 8.42 Å². The summed E-state index contributed by atoms with van der Waals surface area (Å²) in [4.78, 5) is 16.2. The van der Waals surface area contributed by atoms with Gasteiger partial charge >= 0.3 is 0 Å². The van der Waals surface area contributed by atoms with Gasteiger partial charge in [-0.1, -0.05) is 0 Å². The standard InChI is InChI=1S/C11H22N2O3S/c1-12-6-7-13(2)10(9-12)11(14)5-4-8-17(3,15)16/h10H,4-9H2,1-3H3. The van der Waals surface area contributed by atoms with Crippen molar-refractivity contribution in [2.24, 2.45) is 0 Å². The molecule has 1 rings (SSSR count). The molecule has 0 amide bonds. The molecule has 0 saturated carbocycles. The molecule has 17 heavy (non-hydrogen) atoms. The topological polar surface area (TPSA) is 57.7 Å². The predicted octanol–water partition coefficient (Wildman–Crippen LogP) is -0.374. The summed E-state index contributed by atoms with van der Waals surface area (Å²) in [6.07, 6.45) is 2.00. The number of hydrogen-bond donors (Lipinski definition) is 0. The number of piperazine rings is 1. The van der Waals surface area contributed by atoms with E-state index in [9.17, 15) is 13.2 Å². The van der Waals surface area contributed by atoms with Gasteiger partial charge in [-0.3, -0.25) is 9.69 Å². The van der Waals surface area contributed by atoms with Gasteiger partial charge in [0.15, 0.2) is 5.78 Å². The lowest BCUT2D eigenvalue weighted by atomic mass is 10.0. The van der Waals surface area contributed by atoms with Gasteiger partial charge in [0.1, 0.15) is 9.84 Å². The molecule has 6 heteroatoms. The van der Waals surface area contributed by atoms with Crippen molar-refractivity contribution in [1.29, 1.82) is 0 Å². The Hall–Kier alpha value is -0.460. The normalized spacial score (nSPS) is 23.8. The van der Waals surface area contributed by atoms with E-state index in [-0.39, 0.29) is 17.6 Å². The Labute approximate surface area is 104 Å². The number of rotatable bonds is 5. The van der Waals surface area contributed by atoms with Crippen LogP contribution in [0.5, 0.6) is 0 Å². The monoisotopic (exact) mass is 262 g/mol. The van der Waals surface area contributed by atoms with Crippen LogP contribution in [0.1, 0.15) is 12.8 Å². The van der Waals surface area contributed by atoms with Gasteiger partial charge in [0.05, 0.1) is 11.8 Å². The average molecular weight is 262 g/mol. The van der Waals surface area contributed by atoms with Crippen LogP contribution in [0.3, 0.4) is 0 Å². The van der Waals surface area contributed by atoms with Crippen molar-refractivity contribution in [1.82, 2.24) is 9.80 Å². The molecule has 0 N–H and O–H groups in total. The highest BCUT2D eigenvalue weighted by Crippen LogP contribution is 2.10. The first-order valence-electron chi connectivity index (χ1n) is 5.89. The van der Waals surface area contributed by atoms with Crippen LogP contribution in [0.4, 0.5) is 0 Å². The molecule has 100 valence electrons. The third-order valence-corrected chi connectivity index (χ3v) is 4.19. The molecule has 1 heterocycles. The number of likely N-dealkylation sites (N-methyl/N-ethyl adjacent to an activating group) is 2. The molecule has 0 aromatic rings. The lowest BCUT2D eigenvalue weighted by Gasteiger charge is -2.36. The highest BCUT2D eigenvalue weighted by molar-refractivity contribution is 7.90. The Morgan fingerprint density at radius 3 is 2.53 bits per heavy atom. The fraction of sp³-hybridized carbons (Fsp3) is 0.909. The summed E-state index contributed by atoms with van der Waals surface area (Å²) in [6.45, 7) is 2.61. The minimum Gasteiger partial charge on any atom is -0.303 e. The average Bonchev–Trinajstić information content (AvgIpc) is 2.19. The van der Waals surface area contributed by atoms with Gasteiger partial charge in [0, 0.05) is 32.3 Å². The SMILES string of the molecule is CN1CCN(C)C(C(=O)CCCS(C)(=O)=O)C1. The first-order valence-corrected chi connectivity index (χ1v) is 7.95. The number of nitrogens with zero attached hydrogens (tertiary/aromatic N) is 2. The predicted molar refractivity (Wildman–Crippen MR) is 67.9 cm³/mol. The Bertz CT molecular complexity index is 367. The Balaban J connectivity index is 2.41. The van der Waals surface area contributed by atoms with Crippen LogP contribution in [0, 0.1) is 0 Å². The van der Waals surface area contributed by atoms with Crippen LogP contribution in [-0.4, -0.2) is 75.8 Å². The third-order valence-electron chi connectivity index (χ3n) is 3.16. The summed E-state index contributed by atoms with van der Waals surface area (Å²) in [7, 11) is 1.00. The molecule has 5 nitrogen and oxygen atoms in total. The molecule has 0 aliphatic carbocycles. The minimum absolute atomic E-state index is 0.0756. The summed E-state index contributed by atoms with van der Waals surface area (Å²) in [5.41, 5.74) is 0. The number of ketones is 1. The van der Waals surface area contributed by atoms with Crippen molar-refractivity contribution in [3.05, 3.63) is 0 Å². The van der Waals surface area contributed by atoms with Gasteiger partial charge in [-0.05, 0) is 20.5 Å². The largest absolute Gasteiger partial charge is 0.303 e. The second-order valence-corrected chi connectivity index (χ2v) is 7.22. The molecule has 0 aromatic heterocycles. The van der Waals surface area contributed by atoms with Crippen LogP contribution >= 0.6 is 0 Å². The quantitative estimate of drug-likeness (QED) is 0.676. The van der Waals surface area contributed by atoms with Crippen molar-refractivity contribution >= 4 is 15.6 Å². The zero-order valence-corrected chi connectivity index (χ0v) is 11.7. The smallest absolute Gasteiger partial charge is 0.151 e. The molecule has 0 bridgehead atoms. The molecule has 0 spiro atoms. The molecular weight excluding hydrogens is 240 g/mol. The van der Waals surface area contributed by atoms with E-state index in [0.29, 0.717) is 12.8 Å². The van der Waals surface area contributed by atoms with Crippen molar-refractivity contribution in [3.63, 3.8) is 0 Å². The Morgan fingerprint density at radius 1 is 1.29 bits per heavy atom. The molecule has 1 unspecified atom stereocenters. The molecular formula is C11H22N2O3S. The maximum atomic E-state index is 12.0. The zero-order chi connectivity index (χ0) is 13.1. The Kier molecular flexibility index (Phi) is 5.09. The van der Waals surface area contributed by atoms with Crippen LogP contribution in [0.25, 0.3) is 0 Å². The Morgan fingerprint density at radius 2 is 1.94 bits per heavy atom. The third kappa shape index (κ3) is 5.14. The molecule has 1 atom stereocenters. The summed E-state index contributed by atoms with van der Waals surface area (Å²) >= 11 is 0. The van der Waals surface area contributed by atoms with E-state index in [2.05, 4.69) is 9.80 Å². The second kappa shape index (κ2) is 5.93. The van der Waals surface area contributed by atoms with Crippen molar-refractivity contribution < 1.29 is 13.2 Å². The van der Waals surface area contributed by atoms with Crippen molar-refractivity contribution in [2.75, 3.05) is 45.7 Å². The van der Waals surface area contributed by atoms with Crippen LogP contribution in [0.15, 0.2) is 0 Å². The van der Waals surface area contributed by atoms with Crippen LogP contribution in [0.2, 0.25) is 0 Å². The fourth-order valence-electron chi connectivity index (χ4n) is 2.03. The fourth-order valence-corrected chi connectivity index (χ4v) is 2.70. The summed E-state index contributed by atoms with van der Waals surface area (Å²) in [6, 6.07) is -0.0756. The highest BCUT2D eigenvalue weighted by Gasteiger charge is 2.27. The first kappa shape index (κ1) is 14.6. The number of carbonyl (C=O) groups excluding carboxylic acids is 1. The van der Waals surface area contributed by atoms with Gasteiger partial charge in [-0.15, -0.1) is 0 Å². The van der Waals surface area contributed by atoms with Gasteiger partial charge in [0.25, 0.3) is 0 Å². The molecule has 1 aliphatic rings. The maximum absolute atomic E-state index is 12.0. The molecule has 1 saturated heterocycles. The van der Waals surface area contributed by atoms with Crippen LogP contribution in [-0.2, 0) is 14.6 Å². The van der Waals surface area contributed by atoms with E-state index in [1.807, 2.05) is 14.1 Å². The lowest BCUT2D eigenvalue weighted by Crippen LogP contribution is -2.53. The minimum atomic E-state index is -2.95. The van der Waals surface area contributed by atoms with Crippen molar-refractivity contribution in [2.45, 2.75) is 18.9 Å². The number of carbonyl (C=O) groups is 1. The molecule has 0 aromatic carbocycles. The van der Waals surface area contributed by atoms with E-state index in [4.69, 9.17) is 0 Å². The number of Topliss-reactive ketones (excluding diaryl/α,β-unsaturated/α-hetero) is 1. The first-order chi connectivity index (χ1) is 7.79. The maximum Gasteiger partial charge on any atom is 0.151 e. The molecule has 1 aliphatic heterocycles. The van der Waals surface area contributed by atoms with Crippen LogP contribution < -0.4 is 0 Å². The van der Waals surface area contributed by atoms with Gasteiger partial charge in [0.2, 0.25) is 0 Å². The summed E-state index contributed by atoms with van der Waals surface area (Å²) in [5.74, 6) is 0.257. The zero-order valence-electron chi connectivity index (χ0n) is 10.8. The van der Waals surface area contributed by atoms with Crippen molar-refractivity contribution in [3.8, 4) is 0 Å². The molecule has 1 fully saturated rings. The second-order valence-electron chi connectivity index (χ2n) is 4.96. The van der Waals surface area contributed by atoms with E-state index >= 15 is 0 Å². The number of sulfone groups is 1. The number of hydrogen-bond acceptors (Lipinski definition) is 5. The van der Waals surface area contributed by atoms with E-state index in [1.54, 1.807) is 0 Å².